The Labute approximate surface area is 109 Å². The van der Waals surface area contributed by atoms with Crippen molar-refractivity contribution in [1.82, 2.24) is 10.2 Å². The van der Waals surface area contributed by atoms with Gasteiger partial charge in [0.2, 0.25) is 5.91 Å². The molecule has 0 aromatic carbocycles. The topological polar surface area (TPSA) is 58.6 Å². The molecular weight excluding hydrogens is 232 g/mol. The number of esters is 1. The van der Waals surface area contributed by atoms with Crippen molar-refractivity contribution >= 4 is 11.9 Å². The van der Waals surface area contributed by atoms with Gasteiger partial charge < -0.3 is 10.1 Å². The van der Waals surface area contributed by atoms with Crippen LogP contribution in [-0.4, -0.2) is 48.6 Å². The molecule has 0 unspecified atom stereocenters. The third kappa shape index (κ3) is 4.64. The van der Waals surface area contributed by atoms with Crippen LogP contribution in [0, 0.1) is 0 Å². The molecule has 1 atom stereocenters. The van der Waals surface area contributed by atoms with E-state index in [-0.39, 0.29) is 17.9 Å². The van der Waals surface area contributed by atoms with E-state index in [1.807, 2.05) is 25.7 Å². The lowest BCUT2D eigenvalue weighted by Gasteiger charge is -2.27. The fraction of sp³-hybridized carbons (Fsp3) is 0.846. The summed E-state index contributed by atoms with van der Waals surface area (Å²) in [5.74, 6) is -0.165. The zero-order valence-electron chi connectivity index (χ0n) is 11.8. The number of hydrogen-bond donors (Lipinski definition) is 1. The van der Waals surface area contributed by atoms with Crippen LogP contribution >= 0.6 is 0 Å². The fourth-order valence-corrected chi connectivity index (χ4v) is 2.10. The van der Waals surface area contributed by atoms with E-state index >= 15 is 0 Å². The van der Waals surface area contributed by atoms with Crippen LogP contribution in [0.5, 0.6) is 0 Å². The number of nitrogens with zero attached hydrogens (tertiary/aromatic N) is 1. The molecule has 0 bridgehead atoms. The molecule has 0 spiro atoms. The molecule has 5 heteroatoms. The van der Waals surface area contributed by atoms with Gasteiger partial charge in [-0.3, -0.25) is 14.5 Å². The third-order valence-corrected chi connectivity index (χ3v) is 2.95. The van der Waals surface area contributed by atoms with E-state index in [4.69, 9.17) is 4.74 Å². The monoisotopic (exact) mass is 256 g/mol. The molecule has 1 aliphatic heterocycles. The first-order chi connectivity index (χ1) is 8.33. The molecule has 0 saturated carbocycles. The van der Waals surface area contributed by atoms with Crippen molar-refractivity contribution in [2.45, 2.75) is 51.7 Å². The van der Waals surface area contributed by atoms with Crippen molar-refractivity contribution in [3.8, 4) is 0 Å². The predicted molar refractivity (Wildman–Crippen MR) is 69.1 cm³/mol. The molecule has 1 amide bonds. The smallest absolute Gasteiger partial charge is 0.323 e. The molecule has 1 N–H and O–H groups in total. The third-order valence-electron chi connectivity index (χ3n) is 2.95. The van der Waals surface area contributed by atoms with Gasteiger partial charge in [0.05, 0.1) is 0 Å². The van der Waals surface area contributed by atoms with Crippen LogP contribution in [0.15, 0.2) is 0 Å². The summed E-state index contributed by atoms with van der Waals surface area (Å²) in [7, 11) is 1.62. The Morgan fingerprint density at radius 1 is 1.39 bits per heavy atom. The van der Waals surface area contributed by atoms with E-state index in [9.17, 15) is 9.59 Å². The SMILES string of the molecule is CNC(=O)CCN1CCC[C@H]1C(=O)OC(C)(C)C. The summed E-state index contributed by atoms with van der Waals surface area (Å²) in [5.41, 5.74) is -0.452. The van der Waals surface area contributed by atoms with Gasteiger partial charge in [-0.05, 0) is 40.2 Å². The Bertz CT molecular complexity index is 310. The summed E-state index contributed by atoms with van der Waals surface area (Å²) in [6.07, 6.45) is 2.23. The molecular formula is C13H24N2O3. The highest BCUT2D eigenvalue weighted by molar-refractivity contribution is 5.77. The number of likely N-dealkylation sites (tertiary alicyclic amines) is 1. The summed E-state index contributed by atoms with van der Waals surface area (Å²) >= 11 is 0. The normalized spacial score (nSPS) is 20.8. The maximum Gasteiger partial charge on any atom is 0.323 e. The number of hydrogen-bond acceptors (Lipinski definition) is 4. The second kappa shape index (κ2) is 6.18. The van der Waals surface area contributed by atoms with Crippen molar-refractivity contribution < 1.29 is 14.3 Å². The molecule has 0 aromatic heterocycles. The quantitative estimate of drug-likeness (QED) is 0.760. The number of rotatable bonds is 4. The lowest BCUT2D eigenvalue weighted by atomic mass is 10.1. The lowest BCUT2D eigenvalue weighted by molar-refractivity contribution is -0.160. The molecule has 18 heavy (non-hydrogen) atoms. The second-order valence-electron chi connectivity index (χ2n) is 5.65. The molecule has 1 fully saturated rings. The molecule has 1 heterocycles. The first kappa shape index (κ1) is 15.0. The average Bonchev–Trinajstić information content (AvgIpc) is 2.71. The van der Waals surface area contributed by atoms with Gasteiger partial charge in [0, 0.05) is 20.0 Å². The summed E-state index contributed by atoms with van der Waals surface area (Å²) in [4.78, 5) is 25.3. The predicted octanol–water partition coefficient (Wildman–Crippen LogP) is 0.929. The van der Waals surface area contributed by atoms with Crippen molar-refractivity contribution in [3.63, 3.8) is 0 Å². The second-order valence-corrected chi connectivity index (χ2v) is 5.65. The minimum absolute atomic E-state index is 0.00448. The summed E-state index contributed by atoms with van der Waals surface area (Å²) < 4.78 is 5.40. The zero-order chi connectivity index (χ0) is 13.8. The van der Waals surface area contributed by atoms with Crippen molar-refractivity contribution in [1.29, 1.82) is 0 Å². The molecule has 1 saturated heterocycles. The highest BCUT2D eigenvalue weighted by Crippen LogP contribution is 2.21. The minimum atomic E-state index is -0.452. The average molecular weight is 256 g/mol. The van der Waals surface area contributed by atoms with E-state index in [1.165, 1.54) is 0 Å². The molecule has 1 aliphatic rings. The fourth-order valence-electron chi connectivity index (χ4n) is 2.10. The standard InChI is InChI=1S/C13H24N2O3/c1-13(2,3)18-12(17)10-6-5-8-15(10)9-7-11(16)14-4/h10H,5-9H2,1-4H3,(H,14,16)/t10-/m0/s1. The van der Waals surface area contributed by atoms with E-state index < -0.39 is 5.60 Å². The van der Waals surface area contributed by atoms with Crippen LogP contribution in [0.2, 0.25) is 0 Å². The molecule has 1 rings (SSSR count). The maximum atomic E-state index is 12.0. The Hall–Kier alpha value is -1.10. The molecule has 104 valence electrons. The van der Waals surface area contributed by atoms with Crippen LogP contribution in [0.3, 0.4) is 0 Å². The number of carbonyl (C=O) groups is 2. The largest absolute Gasteiger partial charge is 0.459 e. The van der Waals surface area contributed by atoms with E-state index in [0.717, 1.165) is 19.4 Å². The highest BCUT2D eigenvalue weighted by Gasteiger charge is 2.33. The van der Waals surface area contributed by atoms with Gasteiger partial charge in [0.25, 0.3) is 0 Å². The Balaban J connectivity index is 2.49. The molecule has 5 nitrogen and oxygen atoms in total. The van der Waals surface area contributed by atoms with E-state index in [0.29, 0.717) is 13.0 Å². The number of ether oxygens (including phenoxy) is 1. The van der Waals surface area contributed by atoms with Gasteiger partial charge in [-0.15, -0.1) is 0 Å². The van der Waals surface area contributed by atoms with Crippen LogP contribution in [0.1, 0.15) is 40.0 Å². The van der Waals surface area contributed by atoms with Gasteiger partial charge in [0.15, 0.2) is 0 Å². The first-order valence-corrected chi connectivity index (χ1v) is 6.51. The molecule has 0 aromatic rings. The van der Waals surface area contributed by atoms with Gasteiger partial charge in [0.1, 0.15) is 11.6 Å². The Morgan fingerprint density at radius 3 is 2.61 bits per heavy atom. The Morgan fingerprint density at radius 2 is 2.06 bits per heavy atom. The van der Waals surface area contributed by atoms with Gasteiger partial charge in [-0.1, -0.05) is 0 Å². The van der Waals surface area contributed by atoms with Crippen LogP contribution < -0.4 is 5.32 Å². The van der Waals surface area contributed by atoms with Crippen LogP contribution in [0.4, 0.5) is 0 Å². The van der Waals surface area contributed by atoms with Gasteiger partial charge >= 0.3 is 5.97 Å². The van der Waals surface area contributed by atoms with Crippen molar-refractivity contribution in [3.05, 3.63) is 0 Å². The lowest BCUT2D eigenvalue weighted by Crippen LogP contribution is -2.41. The maximum absolute atomic E-state index is 12.0. The van der Waals surface area contributed by atoms with Gasteiger partial charge in [-0.2, -0.15) is 0 Å². The molecule has 0 radical (unpaired) electrons. The van der Waals surface area contributed by atoms with Crippen molar-refractivity contribution in [2.75, 3.05) is 20.1 Å². The van der Waals surface area contributed by atoms with Gasteiger partial charge in [-0.25, -0.2) is 0 Å². The summed E-state index contributed by atoms with van der Waals surface area (Å²) in [6.45, 7) is 7.09. The number of nitrogens with one attached hydrogen (secondary N) is 1. The van der Waals surface area contributed by atoms with E-state index in [1.54, 1.807) is 7.05 Å². The number of carbonyl (C=O) groups excluding carboxylic acids is 2. The first-order valence-electron chi connectivity index (χ1n) is 6.51. The van der Waals surface area contributed by atoms with E-state index in [2.05, 4.69) is 5.32 Å². The minimum Gasteiger partial charge on any atom is -0.459 e. The van der Waals surface area contributed by atoms with Crippen LogP contribution in [-0.2, 0) is 14.3 Å². The molecule has 0 aliphatic carbocycles. The Kier molecular flexibility index (Phi) is 5.14. The summed E-state index contributed by atoms with van der Waals surface area (Å²) in [6, 6.07) is -0.186. The van der Waals surface area contributed by atoms with Crippen molar-refractivity contribution in [2.24, 2.45) is 0 Å². The number of amides is 1. The summed E-state index contributed by atoms with van der Waals surface area (Å²) in [5, 5.41) is 2.59. The zero-order valence-corrected chi connectivity index (χ0v) is 11.8. The highest BCUT2D eigenvalue weighted by atomic mass is 16.6. The van der Waals surface area contributed by atoms with Crippen LogP contribution in [0.25, 0.3) is 0 Å².